The number of carbonyl (C=O) groups is 3. The molecule has 8 nitrogen and oxygen atoms in total. The molecule has 1 aliphatic rings. The highest BCUT2D eigenvalue weighted by atomic mass is 16.6. The van der Waals surface area contributed by atoms with Crippen LogP contribution in [0.2, 0.25) is 0 Å². The lowest BCUT2D eigenvalue weighted by Gasteiger charge is -2.32. The van der Waals surface area contributed by atoms with E-state index in [2.05, 4.69) is 5.32 Å². The number of nitrogens with one attached hydrogen (secondary N) is 1. The minimum Gasteiger partial charge on any atom is -0.480 e. The molecule has 1 unspecified atom stereocenters. The molecule has 2 N–H and O–H groups in total. The highest BCUT2D eigenvalue weighted by Crippen LogP contribution is 2.16. The van der Waals surface area contributed by atoms with Crippen molar-refractivity contribution in [2.75, 3.05) is 6.61 Å². The predicted molar refractivity (Wildman–Crippen MR) is 70.2 cm³/mol. The van der Waals surface area contributed by atoms with Crippen molar-refractivity contribution in [1.29, 1.82) is 0 Å². The third-order valence-electron chi connectivity index (χ3n) is 2.70. The van der Waals surface area contributed by atoms with Crippen LogP contribution in [-0.4, -0.2) is 54.1 Å². The van der Waals surface area contributed by atoms with Crippen LogP contribution < -0.4 is 5.32 Å². The Bertz CT molecular complexity index is 434. The second-order valence-corrected chi connectivity index (χ2v) is 4.58. The summed E-state index contributed by atoms with van der Waals surface area (Å²) < 4.78 is 15.5. The number of rotatable bonds is 6. The van der Waals surface area contributed by atoms with E-state index in [9.17, 15) is 14.4 Å². The first-order valence-corrected chi connectivity index (χ1v) is 6.42. The van der Waals surface area contributed by atoms with Crippen molar-refractivity contribution in [3.05, 3.63) is 12.2 Å². The van der Waals surface area contributed by atoms with Crippen molar-refractivity contribution in [3.8, 4) is 0 Å². The molecular weight excluding hydrogens is 282 g/mol. The van der Waals surface area contributed by atoms with Gasteiger partial charge in [-0.2, -0.15) is 0 Å². The number of aliphatic carboxylic acids is 1. The average Bonchev–Trinajstić information content (AvgIpc) is 2.37. The molecule has 118 valence electrons. The van der Waals surface area contributed by atoms with Crippen LogP contribution in [-0.2, 0) is 28.6 Å². The molecule has 8 heteroatoms. The first-order chi connectivity index (χ1) is 9.79. The molecule has 0 saturated carbocycles. The van der Waals surface area contributed by atoms with Gasteiger partial charge in [0.15, 0.2) is 0 Å². The SMILES string of the molecule is CC(=O)OC[C@H]1OC(N[C@@H](C)C(=O)O)C=C[C@@H]1OC(C)=O. The Morgan fingerprint density at radius 1 is 1.29 bits per heavy atom. The predicted octanol–water partition coefficient (Wildman–Crippen LogP) is -0.175. The van der Waals surface area contributed by atoms with E-state index in [4.69, 9.17) is 19.3 Å². The molecule has 0 saturated heterocycles. The Morgan fingerprint density at radius 2 is 1.95 bits per heavy atom. The maximum Gasteiger partial charge on any atom is 0.320 e. The zero-order valence-corrected chi connectivity index (χ0v) is 12.1. The van der Waals surface area contributed by atoms with Crippen molar-refractivity contribution >= 4 is 17.9 Å². The fourth-order valence-electron chi connectivity index (χ4n) is 1.70. The first kappa shape index (κ1) is 17.1. The van der Waals surface area contributed by atoms with Gasteiger partial charge in [-0.25, -0.2) is 0 Å². The molecular formula is C13H19NO7. The molecule has 0 radical (unpaired) electrons. The Balaban J connectivity index is 2.70. The minimum atomic E-state index is -1.02. The molecule has 0 fully saturated rings. The zero-order valence-electron chi connectivity index (χ0n) is 12.1. The molecule has 1 heterocycles. The van der Waals surface area contributed by atoms with Crippen LogP contribution in [0.4, 0.5) is 0 Å². The van der Waals surface area contributed by atoms with Crippen LogP contribution in [0.5, 0.6) is 0 Å². The van der Waals surface area contributed by atoms with Crippen molar-refractivity contribution < 1.29 is 33.7 Å². The monoisotopic (exact) mass is 301 g/mol. The van der Waals surface area contributed by atoms with E-state index in [1.165, 1.54) is 20.8 Å². The van der Waals surface area contributed by atoms with Gasteiger partial charge in [0.1, 0.15) is 31.1 Å². The lowest BCUT2D eigenvalue weighted by molar-refractivity contribution is -0.165. The topological polar surface area (TPSA) is 111 Å². The third kappa shape index (κ3) is 5.92. The van der Waals surface area contributed by atoms with Crippen LogP contribution in [0.3, 0.4) is 0 Å². The summed E-state index contributed by atoms with van der Waals surface area (Å²) in [6.45, 7) is 3.88. The first-order valence-electron chi connectivity index (χ1n) is 6.42. The molecule has 0 amide bonds. The highest BCUT2D eigenvalue weighted by molar-refractivity contribution is 5.72. The Morgan fingerprint density at radius 3 is 2.48 bits per heavy atom. The largest absolute Gasteiger partial charge is 0.480 e. The molecule has 0 aromatic heterocycles. The summed E-state index contributed by atoms with van der Waals surface area (Å²) in [5, 5.41) is 11.6. The van der Waals surface area contributed by atoms with E-state index in [0.29, 0.717) is 0 Å². The molecule has 0 aromatic carbocycles. The third-order valence-corrected chi connectivity index (χ3v) is 2.70. The van der Waals surface area contributed by atoms with Crippen LogP contribution in [0.25, 0.3) is 0 Å². The van der Waals surface area contributed by atoms with E-state index in [0.717, 1.165) is 0 Å². The molecule has 0 aromatic rings. The smallest absolute Gasteiger partial charge is 0.320 e. The fourth-order valence-corrected chi connectivity index (χ4v) is 1.70. The standard InChI is InChI=1S/C13H19NO7/c1-7(13(17)18)14-12-5-4-10(20-9(3)16)11(21-12)6-19-8(2)15/h4-5,7,10-12,14H,6H2,1-3H3,(H,17,18)/t7-,10-,11+,12?/m0/s1. The number of hydrogen-bond acceptors (Lipinski definition) is 7. The van der Waals surface area contributed by atoms with Crippen LogP contribution in [0.1, 0.15) is 20.8 Å². The summed E-state index contributed by atoms with van der Waals surface area (Å²) in [4.78, 5) is 32.7. The van der Waals surface area contributed by atoms with E-state index in [1.807, 2.05) is 0 Å². The van der Waals surface area contributed by atoms with E-state index >= 15 is 0 Å². The van der Waals surface area contributed by atoms with Crippen molar-refractivity contribution in [1.82, 2.24) is 5.32 Å². The van der Waals surface area contributed by atoms with E-state index in [-0.39, 0.29) is 6.61 Å². The van der Waals surface area contributed by atoms with Crippen LogP contribution in [0, 0.1) is 0 Å². The molecule has 0 aliphatic carbocycles. The summed E-state index contributed by atoms with van der Waals surface area (Å²) in [5.74, 6) is -2.00. The number of esters is 2. The summed E-state index contributed by atoms with van der Waals surface area (Å²) in [7, 11) is 0. The molecule has 0 spiro atoms. The Labute approximate surface area is 122 Å². The highest BCUT2D eigenvalue weighted by Gasteiger charge is 2.31. The quantitative estimate of drug-likeness (QED) is 0.513. The van der Waals surface area contributed by atoms with Gasteiger partial charge in [0, 0.05) is 13.8 Å². The summed E-state index contributed by atoms with van der Waals surface area (Å²) in [6, 6.07) is -0.820. The van der Waals surface area contributed by atoms with Gasteiger partial charge in [0.2, 0.25) is 0 Å². The van der Waals surface area contributed by atoms with Gasteiger partial charge in [-0.05, 0) is 19.1 Å². The normalized spacial score (nSPS) is 26.0. The maximum absolute atomic E-state index is 11.0. The Kier molecular flexibility index (Phi) is 6.32. The van der Waals surface area contributed by atoms with Crippen molar-refractivity contribution in [2.45, 2.75) is 45.2 Å². The summed E-state index contributed by atoms with van der Waals surface area (Å²) >= 11 is 0. The molecule has 1 rings (SSSR count). The fraction of sp³-hybridized carbons (Fsp3) is 0.615. The van der Waals surface area contributed by atoms with Crippen LogP contribution in [0.15, 0.2) is 12.2 Å². The number of hydrogen-bond donors (Lipinski definition) is 2. The lowest BCUT2D eigenvalue weighted by atomic mass is 10.1. The van der Waals surface area contributed by atoms with Gasteiger partial charge in [-0.1, -0.05) is 0 Å². The summed E-state index contributed by atoms with van der Waals surface area (Å²) in [6.07, 6.45) is 1.05. The van der Waals surface area contributed by atoms with Gasteiger partial charge in [0.25, 0.3) is 0 Å². The molecule has 4 atom stereocenters. The van der Waals surface area contributed by atoms with Crippen LogP contribution >= 0.6 is 0 Å². The summed E-state index contributed by atoms with van der Waals surface area (Å²) in [5.41, 5.74) is 0. The molecule has 1 aliphatic heterocycles. The van der Waals surface area contributed by atoms with Gasteiger partial charge < -0.3 is 19.3 Å². The van der Waals surface area contributed by atoms with Crippen molar-refractivity contribution in [3.63, 3.8) is 0 Å². The van der Waals surface area contributed by atoms with E-state index in [1.54, 1.807) is 12.2 Å². The van der Waals surface area contributed by atoms with Gasteiger partial charge in [-0.3, -0.25) is 19.7 Å². The van der Waals surface area contributed by atoms with Gasteiger partial charge in [0.05, 0.1) is 0 Å². The number of ether oxygens (including phenoxy) is 3. The average molecular weight is 301 g/mol. The van der Waals surface area contributed by atoms with Gasteiger partial charge in [-0.15, -0.1) is 0 Å². The molecule has 21 heavy (non-hydrogen) atoms. The molecule has 0 bridgehead atoms. The minimum absolute atomic E-state index is 0.0999. The Hall–Kier alpha value is -1.93. The van der Waals surface area contributed by atoms with E-state index < -0.39 is 42.4 Å². The lowest BCUT2D eigenvalue weighted by Crippen LogP contribution is -2.49. The maximum atomic E-state index is 11.0. The number of carbonyl (C=O) groups excluding carboxylic acids is 2. The zero-order chi connectivity index (χ0) is 16.0. The van der Waals surface area contributed by atoms with Crippen molar-refractivity contribution in [2.24, 2.45) is 0 Å². The number of carboxylic acids is 1. The number of carboxylic acid groups (broad SMARTS) is 1. The second kappa shape index (κ2) is 7.75. The van der Waals surface area contributed by atoms with Gasteiger partial charge >= 0.3 is 17.9 Å². The second-order valence-electron chi connectivity index (χ2n) is 4.58.